The first kappa shape index (κ1) is 17.4. The molecule has 2 aliphatic rings. The largest absolute Gasteiger partial charge is 0.371 e. The van der Waals surface area contributed by atoms with Crippen molar-refractivity contribution in [3.63, 3.8) is 0 Å². The molecule has 5 nitrogen and oxygen atoms in total. The molecule has 0 saturated carbocycles. The average molecular weight is 351 g/mol. The fraction of sp³-hybridized carbons (Fsp3) is 0.524. The third-order valence-corrected chi connectivity index (χ3v) is 5.80. The lowest BCUT2D eigenvalue weighted by Crippen LogP contribution is -2.52. The van der Waals surface area contributed by atoms with Crippen molar-refractivity contribution in [2.45, 2.75) is 25.8 Å². The van der Waals surface area contributed by atoms with Gasteiger partial charge in [-0.2, -0.15) is 0 Å². The van der Waals surface area contributed by atoms with Crippen LogP contribution >= 0.6 is 0 Å². The van der Waals surface area contributed by atoms with Gasteiger partial charge < -0.3 is 9.80 Å². The molecule has 3 heterocycles. The zero-order chi connectivity index (χ0) is 17.9. The van der Waals surface area contributed by atoms with Crippen LogP contribution in [0.2, 0.25) is 0 Å². The van der Waals surface area contributed by atoms with E-state index in [1.807, 2.05) is 19.2 Å². The van der Waals surface area contributed by atoms with Crippen LogP contribution in [0.3, 0.4) is 0 Å². The molecular formula is C21H29N5. The fourth-order valence-electron chi connectivity index (χ4n) is 4.16. The van der Waals surface area contributed by atoms with E-state index >= 15 is 0 Å². The molecule has 2 fully saturated rings. The summed E-state index contributed by atoms with van der Waals surface area (Å²) in [5.41, 5.74) is 3.50. The summed E-state index contributed by atoms with van der Waals surface area (Å²) in [6.45, 7) is 9.09. The maximum atomic E-state index is 4.57. The maximum absolute atomic E-state index is 4.57. The van der Waals surface area contributed by atoms with Gasteiger partial charge in [-0.15, -0.1) is 0 Å². The lowest BCUT2D eigenvalue weighted by atomic mass is 10.0. The Labute approximate surface area is 156 Å². The number of hydrogen-bond acceptors (Lipinski definition) is 5. The molecule has 0 unspecified atom stereocenters. The quantitative estimate of drug-likeness (QED) is 0.850. The highest BCUT2D eigenvalue weighted by atomic mass is 15.3. The van der Waals surface area contributed by atoms with Gasteiger partial charge in [0.25, 0.3) is 0 Å². The Morgan fingerprint density at radius 1 is 0.962 bits per heavy atom. The van der Waals surface area contributed by atoms with Crippen LogP contribution in [0, 0.1) is 6.92 Å². The summed E-state index contributed by atoms with van der Waals surface area (Å²) in [4.78, 5) is 16.4. The first-order valence-corrected chi connectivity index (χ1v) is 9.77. The minimum atomic E-state index is 0.757. The van der Waals surface area contributed by atoms with Crippen LogP contribution < -0.4 is 4.90 Å². The number of likely N-dealkylation sites (N-methyl/N-ethyl adjacent to an activating group) is 1. The van der Waals surface area contributed by atoms with E-state index in [1.165, 1.54) is 50.3 Å². The van der Waals surface area contributed by atoms with Crippen LogP contribution in [0.5, 0.6) is 0 Å². The first-order valence-electron chi connectivity index (χ1n) is 9.77. The summed E-state index contributed by atoms with van der Waals surface area (Å²) in [6.07, 6.45) is 4.37. The highest BCUT2D eigenvalue weighted by molar-refractivity contribution is 5.65. The fourth-order valence-corrected chi connectivity index (χ4v) is 4.16. The van der Waals surface area contributed by atoms with Gasteiger partial charge in [0.1, 0.15) is 5.82 Å². The zero-order valence-corrected chi connectivity index (χ0v) is 15.9. The predicted molar refractivity (Wildman–Crippen MR) is 107 cm³/mol. The van der Waals surface area contributed by atoms with Crippen molar-refractivity contribution in [3.8, 4) is 11.3 Å². The van der Waals surface area contributed by atoms with Crippen LogP contribution in [0.1, 0.15) is 18.7 Å². The number of aryl methyl sites for hydroxylation is 1. The number of hydrogen-bond donors (Lipinski definition) is 0. The molecule has 2 aromatic rings. The second-order valence-electron chi connectivity index (χ2n) is 7.60. The second kappa shape index (κ2) is 7.72. The third kappa shape index (κ3) is 3.89. The number of aromatic nitrogens is 2. The summed E-state index contributed by atoms with van der Waals surface area (Å²) in [5.74, 6) is 0.820. The standard InChI is InChI=1S/C21H29N5/c1-17-22-9-6-21(23-17)18-4-3-5-20(16-18)25-10-7-19(8-11-25)26-14-12-24(2)13-15-26/h3-6,9,16,19H,7-8,10-15H2,1-2H3. The Bertz CT molecular complexity index is 731. The maximum Gasteiger partial charge on any atom is 0.125 e. The van der Waals surface area contributed by atoms with Gasteiger partial charge >= 0.3 is 0 Å². The molecule has 1 aromatic heterocycles. The van der Waals surface area contributed by atoms with Crippen molar-refractivity contribution in [3.05, 3.63) is 42.4 Å². The number of anilines is 1. The summed E-state index contributed by atoms with van der Waals surface area (Å²) >= 11 is 0. The molecule has 26 heavy (non-hydrogen) atoms. The van der Waals surface area contributed by atoms with Gasteiger partial charge in [-0.05, 0) is 45.0 Å². The SMILES string of the molecule is Cc1nccc(-c2cccc(N3CCC(N4CCN(C)CC4)CC3)c2)n1. The molecule has 0 radical (unpaired) electrons. The topological polar surface area (TPSA) is 35.5 Å². The van der Waals surface area contributed by atoms with E-state index in [0.717, 1.165) is 30.6 Å². The van der Waals surface area contributed by atoms with Crippen molar-refractivity contribution < 1.29 is 0 Å². The number of piperazine rings is 1. The van der Waals surface area contributed by atoms with E-state index < -0.39 is 0 Å². The molecule has 5 heteroatoms. The van der Waals surface area contributed by atoms with Crippen LogP contribution in [0.15, 0.2) is 36.5 Å². The normalized spacial score (nSPS) is 20.5. The Hall–Kier alpha value is -1.98. The van der Waals surface area contributed by atoms with Crippen molar-refractivity contribution >= 4 is 5.69 Å². The van der Waals surface area contributed by atoms with E-state index in [-0.39, 0.29) is 0 Å². The highest BCUT2D eigenvalue weighted by Gasteiger charge is 2.26. The molecule has 138 valence electrons. The molecule has 4 rings (SSSR count). The monoisotopic (exact) mass is 351 g/mol. The van der Waals surface area contributed by atoms with Crippen molar-refractivity contribution in [1.82, 2.24) is 19.8 Å². The van der Waals surface area contributed by atoms with E-state index in [0.29, 0.717) is 0 Å². The highest BCUT2D eigenvalue weighted by Crippen LogP contribution is 2.27. The smallest absolute Gasteiger partial charge is 0.125 e. The second-order valence-corrected chi connectivity index (χ2v) is 7.60. The minimum Gasteiger partial charge on any atom is -0.371 e. The molecule has 0 amide bonds. The number of rotatable bonds is 3. The minimum absolute atomic E-state index is 0.757. The zero-order valence-electron chi connectivity index (χ0n) is 15.9. The predicted octanol–water partition coefficient (Wildman–Crippen LogP) is 2.67. The molecule has 0 spiro atoms. The van der Waals surface area contributed by atoms with Gasteiger partial charge in [0.2, 0.25) is 0 Å². The van der Waals surface area contributed by atoms with Crippen molar-refractivity contribution in [2.24, 2.45) is 0 Å². The molecule has 1 aromatic carbocycles. The molecular weight excluding hydrogens is 322 g/mol. The van der Waals surface area contributed by atoms with Crippen LogP contribution in [-0.4, -0.2) is 72.1 Å². The Morgan fingerprint density at radius 2 is 1.73 bits per heavy atom. The van der Waals surface area contributed by atoms with E-state index in [9.17, 15) is 0 Å². The van der Waals surface area contributed by atoms with Crippen LogP contribution in [0.4, 0.5) is 5.69 Å². The summed E-state index contributed by atoms with van der Waals surface area (Å²) in [5, 5.41) is 0. The first-order chi connectivity index (χ1) is 12.7. The van der Waals surface area contributed by atoms with Crippen LogP contribution in [-0.2, 0) is 0 Å². The van der Waals surface area contributed by atoms with E-state index in [2.05, 4.69) is 56.0 Å². The Morgan fingerprint density at radius 3 is 2.46 bits per heavy atom. The van der Waals surface area contributed by atoms with Gasteiger partial charge in [-0.25, -0.2) is 9.97 Å². The average Bonchev–Trinajstić information content (AvgIpc) is 2.69. The molecule has 0 aliphatic carbocycles. The molecule has 2 saturated heterocycles. The van der Waals surface area contributed by atoms with Crippen molar-refractivity contribution in [1.29, 1.82) is 0 Å². The lowest BCUT2D eigenvalue weighted by molar-refractivity contribution is 0.0982. The van der Waals surface area contributed by atoms with Gasteiger partial charge in [-0.3, -0.25) is 4.90 Å². The summed E-state index contributed by atoms with van der Waals surface area (Å²) in [6, 6.07) is 11.5. The number of nitrogens with zero attached hydrogens (tertiary/aromatic N) is 5. The third-order valence-electron chi connectivity index (χ3n) is 5.80. The van der Waals surface area contributed by atoms with Gasteiger partial charge in [0.15, 0.2) is 0 Å². The molecule has 2 aliphatic heterocycles. The lowest BCUT2D eigenvalue weighted by Gasteiger charge is -2.42. The molecule has 0 bridgehead atoms. The molecule has 0 N–H and O–H groups in total. The summed E-state index contributed by atoms with van der Waals surface area (Å²) in [7, 11) is 2.23. The van der Waals surface area contributed by atoms with Crippen LogP contribution in [0.25, 0.3) is 11.3 Å². The Kier molecular flexibility index (Phi) is 5.18. The number of piperidine rings is 1. The van der Waals surface area contributed by atoms with E-state index in [1.54, 1.807) is 0 Å². The summed E-state index contributed by atoms with van der Waals surface area (Å²) < 4.78 is 0. The van der Waals surface area contributed by atoms with Gasteiger partial charge in [-0.1, -0.05) is 12.1 Å². The number of benzene rings is 1. The molecule has 0 atom stereocenters. The van der Waals surface area contributed by atoms with Crippen molar-refractivity contribution in [2.75, 3.05) is 51.2 Å². The van der Waals surface area contributed by atoms with E-state index in [4.69, 9.17) is 0 Å². The Balaban J connectivity index is 1.41. The van der Waals surface area contributed by atoms with Gasteiger partial charge in [0, 0.05) is 62.8 Å². The van der Waals surface area contributed by atoms with Gasteiger partial charge in [0.05, 0.1) is 5.69 Å².